The number of carbonyl (C=O) groups is 1. The van der Waals surface area contributed by atoms with E-state index in [4.69, 9.17) is 14.3 Å². The van der Waals surface area contributed by atoms with Gasteiger partial charge in [0.2, 0.25) is 0 Å². The van der Waals surface area contributed by atoms with Gasteiger partial charge >= 0.3 is 0 Å². The van der Waals surface area contributed by atoms with E-state index < -0.39 is 0 Å². The molecule has 0 aromatic carbocycles. The first kappa shape index (κ1) is 11.6. The molecule has 1 heterocycles. The average molecular weight is 174 g/mol. The Morgan fingerprint density at radius 3 is 2.33 bits per heavy atom. The van der Waals surface area contributed by atoms with E-state index in [9.17, 15) is 0 Å². The lowest BCUT2D eigenvalue weighted by atomic mass is 9.98. The Balaban J connectivity index is 0.000000561. The fourth-order valence-corrected chi connectivity index (χ4v) is 1.51. The van der Waals surface area contributed by atoms with Crippen molar-refractivity contribution >= 4 is 6.79 Å². The van der Waals surface area contributed by atoms with E-state index in [0.717, 1.165) is 12.3 Å². The SMILES string of the molecule is C=O.COC1CC(C)CC(C)O1. The summed E-state index contributed by atoms with van der Waals surface area (Å²) in [7, 11) is 1.70. The summed E-state index contributed by atoms with van der Waals surface area (Å²) >= 11 is 0. The van der Waals surface area contributed by atoms with Crippen LogP contribution in [0.2, 0.25) is 0 Å². The highest BCUT2D eigenvalue weighted by atomic mass is 16.7. The van der Waals surface area contributed by atoms with Crippen molar-refractivity contribution in [3.63, 3.8) is 0 Å². The van der Waals surface area contributed by atoms with Gasteiger partial charge in [-0.2, -0.15) is 0 Å². The standard InChI is InChI=1S/C8H16O2.CH2O/c1-6-4-7(2)10-8(5-6)9-3;1-2/h6-8H,4-5H2,1-3H3;1H2. The lowest BCUT2D eigenvalue weighted by Crippen LogP contribution is -2.31. The molecule has 3 heteroatoms. The Morgan fingerprint density at radius 1 is 1.33 bits per heavy atom. The van der Waals surface area contributed by atoms with Gasteiger partial charge in [-0.25, -0.2) is 0 Å². The molecule has 3 unspecified atom stereocenters. The number of ether oxygens (including phenoxy) is 2. The van der Waals surface area contributed by atoms with Crippen LogP contribution in [0.25, 0.3) is 0 Å². The molecule has 0 spiro atoms. The second kappa shape index (κ2) is 6.14. The zero-order chi connectivity index (χ0) is 9.56. The monoisotopic (exact) mass is 174 g/mol. The van der Waals surface area contributed by atoms with Gasteiger partial charge in [-0.1, -0.05) is 6.92 Å². The molecule has 1 saturated heterocycles. The predicted molar refractivity (Wildman–Crippen MR) is 46.9 cm³/mol. The number of carbonyl (C=O) groups excluding carboxylic acids is 1. The van der Waals surface area contributed by atoms with Gasteiger partial charge in [-0.05, 0) is 19.3 Å². The molecule has 0 aliphatic carbocycles. The predicted octanol–water partition coefficient (Wildman–Crippen LogP) is 1.61. The molecule has 1 fully saturated rings. The average Bonchev–Trinajstić information content (AvgIpc) is 2.06. The van der Waals surface area contributed by atoms with Crippen LogP contribution in [-0.4, -0.2) is 26.3 Å². The summed E-state index contributed by atoms with van der Waals surface area (Å²) < 4.78 is 10.6. The summed E-state index contributed by atoms with van der Waals surface area (Å²) in [6.45, 7) is 6.34. The van der Waals surface area contributed by atoms with Gasteiger partial charge in [0.1, 0.15) is 6.79 Å². The zero-order valence-corrected chi connectivity index (χ0v) is 8.08. The van der Waals surface area contributed by atoms with Crippen LogP contribution in [0.15, 0.2) is 0 Å². The van der Waals surface area contributed by atoms with E-state index in [1.165, 1.54) is 6.42 Å². The first-order chi connectivity index (χ1) is 5.72. The minimum absolute atomic E-state index is 0.0405. The summed E-state index contributed by atoms with van der Waals surface area (Å²) in [6.07, 6.45) is 2.62. The molecule has 1 aliphatic rings. The summed E-state index contributed by atoms with van der Waals surface area (Å²) in [4.78, 5) is 8.00. The molecule has 3 nitrogen and oxygen atoms in total. The lowest BCUT2D eigenvalue weighted by Gasteiger charge is -2.30. The quantitative estimate of drug-likeness (QED) is 0.606. The van der Waals surface area contributed by atoms with Crippen molar-refractivity contribution in [2.45, 2.75) is 39.1 Å². The molecule has 0 saturated carbocycles. The largest absolute Gasteiger partial charge is 0.356 e. The van der Waals surface area contributed by atoms with Gasteiger partial charge in [-0.3, -0.25) is 0 Å². The zero-order valence-electron chi connectivity index (χ0n) is 8.08. The van der Waals surface area contributed by atoms with E-state index in [1.807, 2.05) is 6.79 Å². The van der Waals surface area contributed by atoms with Crippen LogP contribution in [0.1, 0.15) is 26.7 Å². The van der Waals surface area contributed by atoms with E-state index >= 15 is 0 Å². The Kier molecular flexibility index (Phi) is 5.93. The van der Waals surface area contributed by atoms with E-state index in [-0.39, 0.29) is 6.29 Å². The highest BCUT2D eigenvalue weighted by molar-refractivity contribution is 5.10. The van der Waals surface area contributed by atoms with E-state index in [1.54, 1.807) is 7.11 Å². The van der Waals surface area contributed by atoms with E-state index in [2.05, 4.69) is 13.8 Å². The normalized spacial score (nSPS) is 35.1. The van der Waals surface area contributed by atoms with Crippen LogP contribution < -0.4 is 0 Å². The van der Waals surface area contributed by atoms with Gasteiger partial charge in [0, 0.05) is 13.5 Å². The first-order valence-corrected chi connectivity index (χ1v) is 4.19. The lowest BCUT2D eigenvalue weighted by molar-refractivity contribution is -0.186. The smallest absolute Gasteiger partial charge is 0.157 e. The van der Waals surface area contributed by atoms with Crippen molar-refractivity contribution in [1.29, 1.82) is 0 Å². The van der Waals surface area contributed by atoms with Crippen LogP contribution >= 0.6 is 0 Å². The molecule has 1 aliphatic heterocycles. The summed E-state index contributed by atoms with van der Waals surface area (Å²) in [5, 5.41) is 0. The number of hydrogen-bond acceptors (Lipinski definition) is 3. The maximum Gasteiger partial charge on any atom is 0.157 e. The van der Waals surface area contributed by atoms with Crippen molar-refractivity contribution in [3.8, 4) is 0 Å². The summed E-state index contributed by atoms with van der Waals surface area (Å²) in [6, 6.07) is 0. The minimum atomic E-state index is 0.0405. The summed E-state index contributed by atoms with van der Waals surface area (Å²) in [5.41, 5.74) is 0. The molecule has 0 radical (unpaired) electrons. The van der Waals surface area contributed by atoms with Gasteiger partial charge < -0.3 is 14.3 Å². The second-order valence-corrected chi connectivity index (χ2v) is 3.19. The molecule has 12 heavy (non-hydrogen) atoms. The van der Waals surface area contributed by atoms with Crippen molar-refractivity contribution in [2.24, 2.45) is 5.92 Å². The molecule has 0 aromatic heterocycles. The molecular weight excluding hydrogens is 156 g/mol. The van der Waals surface area contributed by atoms with Crippen molar-refractivity contribution in [3.05, 3.63) is 0 Å². The molecular formula is C9H18O3. The van der Waals surface area contributed by atoms with Crippen molar-refractivity contribution in [1.82, 2.24) is 0 Å². The second-order valence-electron chi connectivity index (χ2n) is 3.19. The van der Waals surface area contributed by atoms with Crippen LogP contribution in [0.4, 0.5) is 0 Å². The Labute approximate surface area is 74.0 Å². The number of methoxy groups -OCH3 is 1. The van der Waals surface area contributed by atoms with Gasteiger partial charge in [0.05, 0.1) is 6.10 Å². The maximum absolute atomic E-state index is 8.00. The first-order valence-electron chi connectivity index (χ1n) is 4.19. The van der Waals surface area contributed by atoms with Crippen LogP contribution in [0.5, 0.6) is 0 Å². The molecule has 72 valence electrons. The number of rotatable bonds is 1. The summed E-state index contributed by atoms with van der Waals surface area (Å²) in [5.74, 6) is 0.744. The van der Waals surface area contributed by atoms with Crippen LogP contribution in [0, 0.1) is 5.92 Å². The molecule has 0 aromatic rings. The minimum Gasteiger partial charge on any atom is -0.356 e. The third-order valence-corrected chi connectivity index (χ3v) is 1.98. The van der Waals surface area contributed by atoms with Gasteiger partial charge in [0.25, 0.3) is 0 Å². The van der Waals surface area contributed by atoms with Gasteiger partial charge in [-0.15, -0.1) is 0 Å². The fraction of sp³-hybridized carbons (Fsp3) is 0.889. The fourth-order valence-electron chi connectivity index (χ4n) is 1.51. The molecule has 0 N–H and O–H groups in total. The van der Waals surface area contributed by atoms with Crippen LogP contribution in [0.3, 0.4) is 0 Å². The Bertz CT molecular complexity index is 106. The topological polar surface area (TPSA) is 35.5 Å². The van der Waals surface area contributed by atoms with Gasteiger partial charge in [0.15, 0.2) is 6.29 Å². The Morgan fingerprint density at radius 2 is 1.92 bits per heavy atom. The maximum atomic E-state index is 8.00. The Hall–Kier alpha value is -0.410. The highest BCUT2D eigenvalue weighted by Gasteiger charge is 2.23. The number of hydrogen-bond donors (Lipinski definition) is 0. The molecule has 0 amide bonds. The van der Waals surface area contributed by atoms with Crippen molar-refractivity contribution < 1.29 is 14.3 Å². The molecule has 1 rings (SSSR count). The highest BCUT2D eigenvalue weighted by Crippen LogP contribution is 2.24. The molecule has 3 atom stereocenters. The third kappa shape index (κ3) is 3.83. The van der Waals surface area contributed by atoms with Crippen LogP contribution in [-0.2, 0) is 14.3 Å². The van der Waals surface area contributed by atoms with E-state index in [0.29, 0.717) is 6.10 Å². The van der Waals surface area contributed by atoms with Crippen molar-refractivity contribution in [2.75, 3.05) is 7.11 Å². The third-order valence-electron chi connectivity index (χ3n) is 1.98. The molecule has 0 bridgehead atoms.